The highest BCUT2D eigenvalue weighted by Crippen LogP contribution is 2.34. The second kappa shape index (κ2) is 4.12. The molecular formula is C10H9N3O4. The van der Waals surface area contributed by atoms with E-state index in [1.54, 1.807) is 19.2 Å². The van der Waals surface area contributed by atoms with Crippen LogP contribution in [-0.4, -0.2) is 19.6 Å². The number of ether oxygens (including phenoxy) is 1. The van der Waals surface area contributed by atoms with E-state index in [9.17, 15) is 15.2 Å². The van der Waals surface area contributed by atoms with E-state index in [0.29, 0.717) is 0 Å². The Morgan fingerprint density at radius 1 is 1.47 bits per heavy atom. The van der Waals surface area contributed by atoms with Crippen molar-refractivity contribution in [2.75, 3.05) is 0 Å². The van der Waals surface area contributed by atoms with Gasteiger partial charge in [0.15, 0.2) is 11.5 Å². The molecule has 2 rings (SSSR count). The largest absolute Gasteiger partial charge is 0.504 e. The van der Waals surface area contributed by atoms with Crippen molar-refractivity contribution in [3.63, 3.8) is 0 Å². The molecule has 0 atom stereocenters. The summed E-state index contributed by atoms with van der Waals surface area (Å²) in [7, 11) is 1.56. The van der Waals surface area contributed by atoms with Crippen LogP contribution in [0.25, 0.3) is 0 Å². The first-order valence-corrected chi connectivity index (χ1v) is 4.71. The van der Waals surface area contributed by atoms with Crippen LogP contribution in [0.2, 0.25) is 0 Å². The molecule has 17 heavy (non-hydrogen) atoms. The predicted molar refractivity (Wildman–Crippen MR) is 58.0 cm³/mol. The van der Waals surface area contributed by atoms with E-state index in [4.69, 9.17) is 4.74 Å². The van der Waals surface area contributed by atoms with Gasteiger partial charge in [0.1, 0.15) is 0 Å². The Labute approximate surface area is 96.1 Å². The van der Waals surface area contributed by atoms with Gasteiger partial charge in [-0.25, -0.2) is 0 Å². The molecule has 0 bridgehead atoms. The van der Waals surface area contributed by atoms with Crippen LogP contribution >= 0.6 is 0 Å². The molecule has 1 N–H and O–H groups in total. The Kier molecular flexibility index (Phi) is 2.65. The molecule has 0 saturated carbocycles. The lowest BCUT2D eigenvalue weighted by molar-refractivity contribution is -0.390. The second-order valence-corrected chi connectivity index (χ2v) is 3.31. The molecule has 0 fully saturated rings. The standard InChI is InChI=1S/C10H9N3O4/c1-12-6-11-9(13(15)16)10(12)17-8-5-3-2-4-7(8)14/h2-6,14H,1H3. The zero-order valence-electron chi connectivity index (χ0n) is 8.90. The number of hydrogen-bond acceptors (Lipinski definition) is 5. The van der Waals surface area contributed by atoms with Gasteiger partial charge in [-0.05, 0) is 22.0 Å². The van der Waals surface area contributed by atoms with Crippen molar-refractivity contribution in [3.05, 3.63) is 40.7 Å². The van der Waals surface area contributed by atoms with Crippen LogP contribution in [-0.2, 0) is 7.05 Å². The zero-order chi connectivity index (χ0) is 12.4. The van der Waals surface area contributed by atoms with E-state index in [0.717, 1.165) is 0 Å². The van der Waals surface area contributed by atoms with E-state index in [1.165, 1.54) is 23.0 Å². The summed E-state index contributed by atoms with van der Waals surface area (Å²) in [4.78, 5) is 13.7. The topological polar surface area (TPSA) is 90.4 Å². The number of hydrogen-bond donors (Lipinski definition) is 1. The number of aromatic hydroxyl groups is 1. The van der Waals surface area contributed by atoms with Gasteiger partial charge in [-0.3, -0.25) is 4.57 Å². The maximum Gasteiger partial charge on any atom is 0.427 e. The first kappa shape index (κ1) is 10.9. The van der Waals surface area contributed by atoms with Gasteiger partial charge in [0.25, 0.3) is 0 Å². The van der Waals surface area contributed by atoms with Gasteiger partial charge in [0.2, 0.25) is 6.33 Å². The van der Waals surface area contributed by atoms with E-state index in [2.05, 4.69) is 4.98 Å². The number of aryl methyl sites for hydroxylation is 1. The monoisotopic (exact) mass is 235 g/mol. The van der Waals surface area contributed by atoms with Crippen LogP contribution in [0.5, 0.6) is 17.4 Å². The Morgan fingerprint density at radius 3 is 2.82 bits per heavy atom. The predicted octanol–water partition coefficient (Wildman–Crippen LogP) is 1.83. The normalized spacial score (nSPS) is 10.2. The van der Waals surface area contributed by atoms with Crippen molar-refractivity contribution in [2.45, 2.75) is 0 Å². The second-order valence-electron chi connectivity index (χ2n) is 3.31. The van der Waals surface area contributed by atoms with E-state index < -0.39 is 10.7 Å². The quantitative estimate of drug-likeness (QED) is 0.647. The molecule has 0 spiro atoms. The van der Waals surface area contributed by atoms with Gasteiger partial charge in [-0.1, -0.05) is 12.1 Å². The maximum atomic E-state index is 10.7. The lowest BCUT2D eigenvalue weighted by Gasteiger charge is -2.06. The van der Waals surface area contributed by atoms with Crippen molar-refractivity contribution >= 4 is 5.82 Å². The first-order chi connectivity index (χ1) is 8.09. The number of phenolic OH excluding ortho intramolecular Hbond substituents is 1. The number of nitrogens with zero attached hydrogens (tertiary/aromatic N) is 3. The fourth-order valence-corrected chi connectivity index (χ4v) is 1.30. The average molecular weight is 235 g/mol. The van der Waals surface area contributed by atoms with E-state index >= 15 is 0 Å². The first-order valence-electron chi connectivity index (χ1n) is 4.71. The molecule has 0 amide bonds. The van der Waals surface area contributed by atoms with Gasteiger partial charge in [0.05, 0.1) is 0 Å². The Balaban J connectivity index is 2.39. The summed E-state index contributed by atoms with van der Waals surface area (Å²) in [5.41, 5.74) is 0. The molecule has 0 aliphatic rings. The third kappa shape index (κ3) is 2.03. The third-order valence-electron chi connectivity index (χ3n) is 2.11. The summed E-state index contributed by atoms with van der Waals surface area (Å²) < 4.78 is 6.65. The van der Waals surface area contributed by atoms with Crippen molar-refractivity contribution < 1.29 is 14.8 Å². The van der Waals surface area contributed by atoms with Crippen molar-refractivity contribution in [2.24, 2.45) is 7.05 Å². The third-order valence-corrected chi connectivity index (χ3v) is 2.11. The zero-order valence-corrected chi connectivity index (χ0v) is 8.90. The summed E-state index contributed by atoms with van der Waals surface area (Å²) in [6.07, 6.45) is 1.27. The SMILES string of the molecule is Cn1cnc([N+](=O)[O-])c1Oc1ccccc1O. The number of nitro groups is 1. The maximum absolute atomic E-state index is 10.7. The minimum Gasteiger partial charge on any atom is -0.504 e. The van der Waals surface area contributed by atoms with Gasteiger partial charge >= 0.3 is 11.7 Å². The van der Waals surface area contributed by atoms with Crippen molar-refractivity contribution in [1.29, 1.82) is 0 Å². The molecule has 0 unspecified atom stereocenters. The minimum absolute atomic E-state index is 0.0310. The Morgan fingerprint density at radius 2 is 2.18 bits per heavy atom. The molecule has 0 aliphatic carbocycles. The number of phenols is 1. The molecule has 0 saturated heterocycles. The Hall–Kier alpha value is -2.57. The number of rotatable bonds is 3. The fraction of sp³-hybridized carbons (Fsp3) is 0.100. The van der Waals surface area contributed by atoms with Crippen LogP contribution in [0, 0.1) is 10.1 Å². The van der Waals surface area contributed by atoms with Crippen molar-refractivity contribution in [1.82, 2.24) is 9.55 Å². The molecule has 0 aliphatic heterocycles. The molecule has 2 aromatic rings. The summed E-state index contributed by atoms with van der Waals surface area (Å²) in [6.45, 7) is 0. The highest BCUT2D eigenvalue weighted by molar-refractivity contribution is 5.44. The molecule has 7 heteroatoms. The fourth-order valence-electron chi connectivity index (χ4n) is 1.30. The molecule has 1 aromatic carbocycles. The summed E-state index contributed by atoms with van der Waals surface area (Å²) >= 11 is 0. The highest BCUT2D eigenvalue weighted by atomic mass is 16.6. The minimum atomic E-state index is -0.644. The van der Waals surface area contributed by atoms with Gasteiger partial charge in [-0.2, -0.15) is 0 Å². The average Bonchev–Trinajstić information content (AvgIpc) is 2.64. The van der Waals surface area contributed by atoms with Crippen LogP contribution in [0.3, 0.4) is 0 Å². The van der Waals surface area contributed by atoms with Crippen LogP contribution in [0.15, 0.2) is 30.6 Å². The molecule has 1 heterocycles. The number of benzene rings is 1. The molecular weight excluding hydrogens is 226 g/mol. The molecule has 0 radical (unpaired) electrons. The Bertz CT molecular complexity index is 564. The van der Waals surface area contributed by atoms with Gasteiger partial charge < -0.3 is 20.0 Å². The number of para-hydroxylation sites is 2. The van der Waals surface area contributed by atoms with E-state index in [1.807, 2.05) is 0 Å². The lowest BCUT2D eigenvalue weighted by atomic mass is 10.3. The number of aromatic nitrogens is 2. The molecule has 88 valence electrons. The van der Waals surface area contributed by atoms with Crippen LogP contribution in [0.4, 0.5) is 5.82 Å². The van der Waals surface area contributed by atoms with Crippen molar-refractivity contribution in [3.8, 4) is 17.4 Å². The summed E-state index contributed by atoms with van der Waals surface area (Å²) in [5, 5.41) is 20.2. The van der Waals surface area contributed by atoms with Gasteiger partial charge in [-0.15, -0.1) is 0 Å². The number of imidazole rings is 1. The molecule has 7 nitrogen and oxygen atoms in total. The van der Waals surface area contributed by atoms with Gasteiger partial charge in [0, 0.05) is 7.05 Å². The van der Waals surface area contributed by atoms with Crippen LogP contribution < -0.4 is 4.74 Å². The summed E-state index contributed by atoms with van der Waals surface area (Å²) in [6, 6.07) is 6.21. The summed E-state index contributed by atoms with van der Waals surface area (Å²) in [5.74, 6) is -0.380. The molecule has 1 aromatic heterocycles. The van der Waals surface area contributed by atoms with E-state index in [-0.39, 0.29) is 17.4 Å². The smallest absolute Gasteiger partial charge is 0.427 e. The lowest BCUT2D eigenvalue weighted by Crippen LogP contribution is -1.96. The van der Waals surface area contributed by atoms with Crippen LogP contribution in [0.1, 0.15) is 0 Å². The highest BCUT2D eigenvalue weighted by Gasteiger charge is 2.23.